The number of rotatable bonds is 1. The van der Waals surface area contributed by atoms with Gasteiger partial charge in [0.05, 0.1) is 5.56 Å². The van der Waals surface area contributed by atoms with Gasteiger partial charge < -0.3 is 4.42 Å². The van der Waals surface area contributed by atoms with E-state index in [0.29, 0.717) is 5.84 Å². The number of aryl methyl sites for hydroxylation is 3. The van der Waals surface area contributed by atoms with Gasteiger partial charge in [-0.1, -0.05) is 11.6 Å². The number of oxazole rings is 1. The van der Waals surface area contributed by atoms with Crippen LogP contribution >= 0.6 is 0 Å². The van der Waals surface area contributed by atoms with Gasteiger partial charge in [-0.15, -0.1) is 0 Å². The molecule has 0 fully saturated rings. The largest absolute Gasteiger partial charge is 0.415 e. The highest BCUT2D eigenvalue weighted by Gasteiger charge is 2.23. The number of nitrogens with zero attached hydrogens (tertiary/aromatic N) is 4. The highest BCUT2D eigenvalue weighted by Crippen LogP contribution is 2.31. The van der Waals surface area contributed by atoms with Crippen LogP contribution in [-0.4, -0.2) is 14.6 Å². The Bertz CT molecular complexity index is 1030. The molecule has 0 spiro atoms. The van der Waals surface area contributed by atoms with Gasteiger partial charge in [-0.05, 0) is 38.0 Å². The lowest BCUT2D eigenvalue weighted by molar-refractivity contribution is -0.659. The van der Waals surface area contributed by atoms with Gasteiger partial charge in [0, 0.05) is 6.07 Å². The predicted octanol–water partition coefficient (Wildman–Crippen LogP) is 2.89. The Morgan fingerprint density at radius 1 is 1.18 bits per heavy atom. The van der Waals surface area contributed by atoms with E-state index in [1.165, 1.54) is 28.6 Å². The molecule has 4 aromatic rings. The maximum atomic E-state index is 5.96. The third-order valence-electron chi connectivity index (χ3n) is 4.26. The maximum absolute atomic E-state index is 5.96. The molecule has 5 heteroatoms. The van der Waals surface area contributed by atoms with Crippen molar-refractivity contribution in [1.29, 1.82) is 0 Å². The summed E-state index contributed by atoms with van der Waals surface area (Å²) in [6, 6.07) is 6.41. The summed E-state index contributed by atoms with van der Waals surface area (Å²) in [5.41, 5.74) is 7.76. The first-order chi connectivity index (χ1) is 10.6. The van der Waals surface area contributed by atoms with Crippen molar-refractivity contribution >= 4 is 16.9 Å². The Balaban J connectivity index is 2.16. The summed E-state index contributed by atoms with van der Waals surface area (Å²) in [6.07, 6.45) is 3.54. The van der Waals surface area contributed by atoms with E-state index in [0.717, 1.165) is 16.8 Å². The molecule has 22 heavy (non-hydrogen) atoms. The molecule has 4 rings (SSSR count). The molecule has 0 unspecified atom stereocenters. The van der Waals surface area contributed by atoms with Crippen LogP contribution in [0.4, 0.5) is 0 Å². The summed E-state index contributed by atoms with van der Waals surface area (Å²) in [5.74, 6) is 0.518. The van der Waals surface area contributed by atoms with Gasteiger partial charge in [0.25, 0.3) is 5.69 Å². The second-order valence-electron chi connectivity index (χ2n) is 5.80. The molecule has 0 aliphatic rings. The molecule has 0 amide bonds. The van der Waals surface area contributed by atoms with Gasteiger partial charge in [-0.3, -0.25) is 0 Å². The molecule has 0 atom stereocenters. The van der Waals surface area contributed by atoms with Gasteiger partial charge in [0.1, 0.15) is 18.9 Å². The second kappa shape index (κ2) is 4.40. The lowest BCUT2D eigenvalue weighted by atomic mass is 9.97. The number of hydrogen-bond acceptors (Lipinski definition) is 3. The number of benzene rings is 1. The summed E-state index contributed by atoms with van der Waals surface area (Å²) >= 11 is 0. The van der Waals surface area contributed by atoms with E-state index < -0.39 is 0 Å². The Morgan fingerprint density at radius 3 is 2.82 bits per heavy atom. The molecule has 110 valence electrons. The summed E-state index contributed by atoms with van der Waals surface area (Å²) in [7, 11) is 2.03. The predicted molar refractivity (Wildman–Crippen MR) is 83.6 cm³/mol. The Labute approximate surface area is 127 Å². The summed E-state index contributed by atoms with van der Waals surface area (Å²) < 4.78 is 9.78. The average Bonchev–Trinajstić information content (AvgIpc) is 3.03. The molecule has 0 saturated heterocycles. The molecule has 0 saturated carbocycles. The van der Waals surface area contributed by atoms with Gasteiger partial charge in [-0.25, -0.2) is 0 Å². The summed E-state index contributed by atoms with van der Waals surface area (Å²) in [4.78, 5) is 4.15. The molecule has 0 bridgehead atoms. The number of aromatic nitrogens is 4. The van der Waals surface area contributed by atoms with Gasteiger partial charge in [-0.2, -0.15) is 19.2 Å². The zero-order valence-corrected chi connectivity index (χ0v) is 13.1. The van der Waals surface area contributed by atoms with E-state index in [1.54, 1.807) is 4.52 Å². The van der Waals surface area contributed by atoms with Crippen LogP contribution in [0.3, 0.4) is 0 Å². The third-order valence-corrected chi connectivity index (χ3v) is 4.26. The zero-order valence-electron chi connectivity index (χ0n) is 13.1. The first-order valence-electron chi connectivity index (χ1n) is 7.25. The van der Waals surface area contributed by atoms with Crippen molar-refractivity contribution in [2.45, 2.75) is 20.8 Å². The van der Waals surface area contributed by atoms with E-state index in [9.17, 15) is 0 Å². The SMILES string of the molecule is Cc1cc(C)c(C)c(-c2c3oc4ncnn4c3cc[n+]2C)c1. The van der Waals surface area contributed by atoms with Gasteiger partial charge in [0.15, 0.2) is 6.20 Å². The van der Waals surface area contributed by atoms with Crippen molar-refractivity contribution in [1.82, 2.24) is 14.6 Å². The standard InChI is InChI=1S/C17H17N4O/c1-10-7-11(2)12(3)13(8-10)15-16-14(5-6-20(15)4)21-17(22-16)18-9-19-21/h5-9H,1-4H3/q+1. The van der Waals surface area contributed by atoms with Crippen LogP contribution in [-0.2, 0) is 7.05 Å². The molecule has 0 N–H and O–H groups in total. The van der Waals surface area contributed by atoms with E-state index in [2.05, 4.69) is 47.6 Å². The molecule has 0 aliphatic carbocycles. The Kier molecular flexibility index (Phi) is 2.60. The zero-order chi connectivity index (χ0) is 15.4. The van der Waals surface area contributed by atoms with Crippen LogP contribution in [0.1, 0.15) is 16.7 Å². The normalized spacial score (nSPS) is 11.6. The van der Waals surface area contributed by atoms with E-state index in [1.807, 2.05) is 19.3 Å². The first-order valence-corrected chi connectivity index (χ1v) is 7.25. The molecule has 0 radical (unpaired) electrons. The van der Waals surface area contributed by atoms with E-state index >= 15 is 0 Å². The fourth-order valence-electron chi connectivity index (χ4n) is 3.04. The number of pyridine rings is 1. The number of fused-ring (bicyclic) bond motifs is 3. The van der Waals surface area contributed by atoms with Crippen molar-refractivity contribution in [3.05, 3.63) is 47.4 Å². The van der Waals surface area contributed by atoms with Gasteiger partial charge >= 0.3 is 5.84 Å². The minimum atomic E-state index is 0.518. The summed E-state index contributed by atoms with van der Waals surface area (Å²) in [5, 5.41) is 4.23. The minimum Gasteiger partial charge on any atom is -0.415 e. The Hall–Kier alpha value is -2.69. The van der Waals surface area contributed by atoms with Crippen molar-refractivity contribution in [3.63, 3.8) is 0 Å². The van der Waals surface area contributed by atoms with Crippen LogP contribution in [0, 0.1) is 20.8 Å². The molecule has 3 heterocycles. The summed E-state index contributed by atoms with van der Waals surface area (Å²) in [6.45, 7) is 6.41. The molecule has 0 aliphatic heterocycles. The Morgan fingerprint density at radius 2 is 2.00 bits per heavy atom. The quantitative estimate of drug-likeness (QED) is 0.507. The van der Waals surface area contributed by atoms with Crippen molar-refractivity contribution in [3.8, 4) is 11.3 Å². The highest BCUT2D eigenvalue weighted by atomic mass is 16.4. The maximum Gasteiger partial charge on any atom is 0.325 e. The topological polar surface area (TPSA) is 47.2 Å². The lowest BCUT2D eigenvalue weighted by Gasteiger charge is -2.09. The van der Waals surface area contributed by atoms with Crippen LogP contribution in [0.2, 0.25) is 0 Å². The van der Waals surface area contributed by atoms with Crippen molar-refractivity contribution in [2.75, 3.05) is 0 Å². The van der Waals surface area contributed by atoms with Crippen molar-refractivity contribution in [2.24, 2.45) is 7.05 Å². The molecular weight excluding hydrogens is 276 g/mol. The van der Waals surface area contributed by atoms with Crippen LogP contribution in [0.5, 0.6) is 0 Å². The molecular formula is C17H17N4O+. The minimum absolute atomic E-state index is 0.518. The van der Waals surface area contributed by atoms with E-state index in [-0.39, 0.29) is 0 Å². The molecule has 3 aromatic heterocycles. The van der Waals surface area contributed by atoms with Crippen LogP contribution in [0.15, 0.2) is 35.1 Å². The van der Waals surface area contributed by atoms with Crippen molar-refractivity contribution < 1.29 is 8.98 Å². The monoisotopic (exact) mass is 293 g/mol. The smallest absolute Gasteiger partial charge is 0.325 e. The lowest BCUT2D eigenvalue weighted by Crippen LogP contribution is -2.30. The van der Waals surface area contributed by atoms with Crippen LogP contribution in [0.25, 0.3) is 28.2 Å². The fourth-order valence-corrected chi connectivity index (χ4v) is 3.04. The van der Waals surface area contributed by atoms with E-state index in [4.69, 9.17) is 4.42 Å². The third kappa shape index (κ3) is 1.68. The molecule has 1 aromatic carbocycles. The fraction of sp³-hybridized carbons (Fsp3) is 0.235. The average molecular weight is 293 g/mol. The highest BCUT2D eigenvalue weighted by molar-refractivity contribution is 5.88. The number of hydrogen-bond donors (Lipinski definition) is 0. The van der Waals surface area contributed by atoms with Crippen LogP contribution < -0.4 is 4.57 Å². The molecule has 5 nitrogen and oxygen atoms in total. The van der Waals surface area contributed by atoms with Gasteiger partial charge in [0.2, 0.25) is 5.58 Å². The first kappa shape index (κ1) is 13.0. The second-order valence-corrected chi connectivity index (χ2v) is 5.80.